The molecule has 0 spiro atoms. The van der Waals surface area contributed by atoms with Crippen LogP contribution in [0.2, 0.25) is 5.02 Å². The van der Waals surface area contributed by atoms with Gasteiger partial charge >= 0.3 is 0 Å². The van der Waals surface area contributed by atoms with Crippen molar-refractivity contribution >= 4 is 17.3 Å². The van der Waals surface area contributed by atoms with E-state index < -0.39 is 12.1 Å². The SMILES string of the molecule is CC1(C)OC2O[C@H]([C@@H]3CON=C3c3ccc(Cl)cc3)[C@H](OCc3ccccc3)[C@H]2O1. The van der Waals surface area contributed by atoms with Gasteiger partial charge in [-0.1, -0.05) is 59.2 Å². The highest BCUT2D eigenvalue weighted by Gasteiger charge is 2.58. The van der Waals surface area contributed by atoms with Gasteiger partial charge in [0.05, 0.1) is 18.2 Å². The van der Waals surface area contributed by atoms with Crippen LogP contribution in [0, 0.1) is 5.92 Å². The zero-order valence-electron chi connectivity index (χ0n) is 16.9. The first-order chi connectivity index (χ1) is 14.5. The lowest BCUT2D eigenvalue weighted by Crippen LogP contribution is -2.43. The monoisotopic (exact) mass is 429 g/mol. The molecule has 0 N–H and O–H groups in total. The van der Waals surface area contributed by atoms with Crippen molar-refractivity contribution < 1.29 is 23.8 Å². The summed E-state index contributed by atoms with van der Waals surface area (Å²) in [6.45, 7) is 4.64. The largest absolute Gasteiger partial charge is 0.395 e. The minimum atomic E-state index is -0.714. The summed E-state index contributed by atoms with van der Waals surface area (Å²) < 4.78 is 24.8. The van der Waals surface area contributed by atoms with Crippen LogP contribution < -0.4 is 0 Å². The molecule has 2 saturated heterocycles. The highest BCUT2D eigenvalue weighted by Crippen LogP contribution is 2.42. The first-order valence-corrected chi connectivity index (χ1v) is 10.5. The van der Waals surface area contributed by atoms with Crippen molar-refractivity contribution in [1.82, 2.24) is 0 Å². The Bertz CT molecular complexity index is 917. The Labute approximate surface area is 180 Å². The molecule has 3 aliphatic rings. The number of oxime groups is 1. The van der Waals surface area contributed by atoms with E-state index in [1.165, 1.54) is 0 Å². The van der Waals surface area contributed by atoms with Gasteiger partial charge in [-0.15, -0.1) is 0 Å². The second-order valence-corrected chi connectivity index (χ2v) is 8.65. The van der Waals surface area contributed by atoms with Crippen LogP contribution in [-0.2, 0) is 30.4 Å². The molecule has 6 nitrogen and oxygen atoms in total. The van der Waals surface area contributed by atoms with E-state index in [1.54, 1.807) is 0 Å². The zero-order chi connectivity index (χ0) is 20.7. The standard InChI is InChI=1S/C23H24ClNO5/c1-23(2)29-21-20(26-12-14-6-4-3-5-7-14)19(28-22(21)30-23)17-13-27-25-18(17)15-8-10-16(24)11-9-15/h3-11,17,19-22H,12-13H2,1-2H3/t17-,19-,20+,21-,22?/m1/s1. The third kappa shape index (κ3) is 3.86. The molecule has 0 bridgehead atoms. The van der Waals surface area contributed by atoms with Crippen LogP contribution in [0.15, 0.2) is 59.8 Å². The van der Waals surface area contributed by atoms with Gasteiger partial charge in [0.15, 0.2) is 12.1 Å². The number of halogens is 1. The average molecular weight is 430 g/mol. The van der Waals surface area contributed by atoms with Crippen molar-refractivity contribution in [3.8, 4) is 0 Å². The quantitative estimate of drug-likeness (QED) is 0.714. The summed E-state index contributed by atoms with van der Waals surface area (Å²) in [5.74, 6) is -0.818. The number of hydrogen-bond donors (Lipinski definition) is 0. The molecule has 0 aromatic heterocycles. The van der Waals surface area contributed by atoms with Crippen LogP contribution in [0.3, 0.4) is 0 Å². The lowest BCUT2D eigenvalue weighted by molar-refractivity contribution is -0.223. The summed E-state index contributed by atoms with van der Waals surface area (Å²) in [4.78, 5) is 5.48. The van der Waals surface area contributed by atoms with Gasteiger partial charge < -0.3 is 23.8 Å². The Morgan fingerprint density at radius 2 is 1.80 bits per heavy atom. The Morgan fingerprint density at radius 3 is 2.57 bits per heavy atom. The summed E-state index contributed by atoms with van der Waals surface area (Å²) in [5.41, 5.74) is 2.86. The lowest BCUT2D eigenvalue weighted by atomic mass is 9.89. The topological polar surface area (TPSA) is 58.5 Å². The molecule has 3 heterocycles. The maximum Gasteiger partial charge on any atom is 0.190 e. The van der Waals surface area contributed by atoms with E-state index in [1.807, 2.05) is 68.4 Å². The summed E-state index contributed by atoms with van der Waals surface area (Å²) in [6.07, 6.45) is -1.43. The fraction of sp³-hybridized carbons (Fsp3) is 0.435. The van der Waals surface area contributed by atoms with Gasteiger partial charge in [0.2, 0.25) is 0 Å². The maximum absolute atomic E-state index is 6.36. The average Bonchev–Trinajstić information content (AvgIpc) is 3.40. The van der Waals surface area contributed by atoms with E-state index in [2.05, 4.69) is 5.16 Å². The first-order valence-electron chi connectivity index (χ1n) is 10.1. The van der Waals surface area contributed by atoms with Gasteiger partial charge in [-0.3, -0.25) is 0 Å². The molecular weight excluding hydrogens is 406 g/mol. The fourth-order valence-electron chi connectivity index (χ4n) is 4.26. The third-order valence-corrected chi connectivity index (χ3v) is 5.87. The van der Waals surface area contributed by atoms with E-state index >= 15 is 0 Å². The Hall–Kier alpha value is -1.96. The predicted octanol–water partition coefficient (Wildman–Crippen LogP) is 4.15. The van der Waals surface area contributed by atoms with Gasteiger partial charge in [-0.05, 0) is 37.1 Å². The van der Waals surface area contributed by atoms with Gasteiger partial charge in [0.25, 0.3) is 0 Å². The summed E-state index contributed by atoms with van der Waals surface area (Å²) in [6, 6.07) is 17.6. The van der Waals surface area contributed by atoms with Crippen molar-refractivity contribution in [2.75, 3.05) is 6.61 Å². The molecule has 2 aromatic rings. The van der Waals surface area contributed by atoms with Crippen molar-refractivity contribution in [2.45, 2.75) is 50.8 Å². The number of hydrogen-bond acceptors (Lipinski definition) is 6. The Kier molecular flexibility index (Phi) is 5.29. The van der Waals surface area contributed by atoms with Crippen LogP contribution in [0.25, 0.3) is 0 Å². The molecule has 3 aliphatic heterocycles. The maximum atomic E-state index is 6.36. The summed E-state index contributed by atoms with van der Waals surface area (Å²) >= 11 is 6.05. The van der Waals surface area contributed by atoms with E-state index in [-0.39, 0.29) is 24.2 Å². The van der Waals surface area contributed by atoms with Gasteiger partial charge in [-0.25, -0.2) is 0 Å². The molecule has 0 amide bonds. The number of rotatable bonds is 5. The zero-order valence-corrected chi connectivity index (χ0v) is 17.6. The molecule has 30 heavy (non-hydrogen) atoms. The van der Waals surface area contributed by atoms with Crippen molar-refractivity contribution in [2.24, 2.45) is 11.1 Å². The molecule has 2 aromatic carbocycles. The second kappa shape index (κ2) is 7.94. The smallest absolute Gasteiger partial charge is 0.190 e. The molecule has 5 atom stereocenters. The highest BCUT2D eigenvalue weighted by molar-refractivity contribution is 6.30. The number of nitrogens with zero attached hydrogens (tertiary/aromatic N) is 1. The van der Waals surface area contributed by atoms with Crippen LogP contribution in [0.1, 0.15) is 25.0 Å². The highest BCUT2D eigenvalue weighted by atomic mass is 35.5. The summed E-state index contributed by atoms with van der Waals surface area (Å²) in [7, 11) is 0. The molecule has 0 radical (unpaired) electrons. The van der Waals surface area contributed by atoms with Gasteiger partial charge in [-0.2, -0.15) is 0 Å². The Balaban J connectivity index is 1.39. The minimum absolute atomic E-state index is 0.104. The van der Waals surface area contributed by atoms with Gasteiger partial charge in [0.1, 0.15) is 24.9 Å². The predicted molar refractivity (Wildman–Crippen MR) is 111 cm³/mol. The van der Waals surface area contributed by atoms with Gasteiger partial charge in [0, 0.05) is 5.02 Å². The van der Waals surface area contributed by atoms with E-state index in [4.69, 9.17) is 35.4 Å². The lowest BCUT2D eigenvalue weighted by Gasteiger charge is -2.29. The van der Waals surface area contributed by atoms with Crippen LogP contribution in [-0.4, -0.2) is 42.7 Å². The molecule has 158 valence electrons. The summed E-state index contributed by atoms with van der Waals surface area (Å²) in [5, 5.41) is 4.97. The van der Waals surface area contributed by atoms with Crippen LogP contribution in [0.5, 0.6) is 0 Å². The normalized spacial score (nSPS) is 32.0. The molecule has 7 heteroatoms. The van der Waals surface area contributed by atoms with E-state index in [9.17, 15) is 0 Å². The third-order valence-electron chi connectivity index (χ3n) is 5.62. The van der Waals surface area contributed by atoms with Crippen molar-refractivity contribution in [3.05, 3.63) is 70.7 Å². The molecule has 0 saturated carbocycles. The fourth-order valence-corrected chi connectivity index (χ4v) is 4.38. The minimum Gasteiger partial charge on any atom is -0.395 e. The van der Waals surface area contributed by atoms with E-state index in [0.29, 0.717) is 18.2 Å². The molecule has 2 fully saturated rings. The van der Waals surface area contributed by atoms with Crippen LogP contribution in [0.4, 0.5) is 0 Å². The number of fused-ring (bicyclic) bond motifs is 1. The number of ether oxygens (including phenoxy) is 4. The number of benzene rings is 2. The van der Waals surface area contributed by atoms with Crippen molar-refractivity contribution in [1.29, 1.82) is 0 Å². The van der Waals surface area contributed by atoms with Crippen molar-refractivity contribution in [3.63, 3.8) is 0 Å². The van der Waals surface area contributed by atoms with E-state index in [0.717, 1.165) is 16.8 Å². The molecule has 5 rings (SSSR count). The first kappa shape index (κ1) is 20.0. The Morgan fingerprint density at radius 1 is 1.03 bits per heavy atom. The van der Waals surface area contributed by atoms with Crippen LogP contribution >= 0.6 is 11.6 Å². The second-order valence-electron chi connectivity index (χ2n) is 8.22. The molecular formula is C23H24ClNO5. The molecule has 1 unspecified atom stereocenters. The molecule has 0 aliphatic carbocycles.